The van der Waals surface area contributed by atoms with Crippen molar-refractivity contribution in [1.29, 1.82) is 0 Å². The molecule has 1 aliphatic rings. The number of carbonyl (C=O) groups excluding carboxylic acids is 1. The topological polar surface area (TPSA) is 41.6 Å². The van der Waals surface area contributed by atoms with E-state index in [-0.39, 0.29) is 18.5 Å². The number of ether oxygens (including phenoxy) is 1. The van der Waals surface area contributed by atoms with E-state index in [1.54, 1.807) is 0 Å². The fourth-order valence-electron chi connectivity index (χ4n) is 2.45. The molecule has 1 amide bonds. The summed E-state index contributed by atoms with van der Waals surface area (Å²) in [5.74, 6) is 0. The van der Waals surface area contributed by atoms with Crippen LogP contribution in [0.3, 0.4) is 0 Å². The fraction of sp³-hybridized carbons (Fsp3) is 0.588. The van der Waals surface area contributed by atoms with Gasteiger partial charge in [-0.25, -0.2) is 4.79 Å². The van der Waals surface area contributed by atoms with Gasteiger partial charge in [0, 0.05) is 25.7 Å². The van der Waals surface area contributed by atoms with Crippen molar-refractivity contribution in [3.63, 3.8) is 0 Å². The van der Waals surface area contributed by atoms with Crippen LogP contribution in [-0.4, -0.2) is 35.7 Å². The number of nitrogens with zero attached hydrogens (tertiary/aromatic N) is 1. The molecule has 1 saturated heterocycles. The molecule has 0 aromatic heterocycles. The summed E-state index contributed by atoms with van der Waals surface area (Å²) < 4.78 is 5.41. The summed E-state index contributed by atoms with van der Waals surface area (Å²) in [6.07, 6.45) is 1.77. The Morgan fingerprint density at radius 2 is 1.82 bits per heavy atom. The maximum atomic E-state index is 12.0. The highest BCUT2D eigenvalue weighted by molar-refractivity contribution is 5.85. The molecule has 0 spiro atoms. The molecule has 22 heavy (non-hydrogen) atoms. The van der Waals surface area contributed by atoms with Crippen molar-refractivity contribution < 1.29 is 9.53 Å². The first-order valence-electron chi connectivity index (χ1n) is 7.69. The lowest BCUT2D eigenvalue weighted by molar-refractivity contribution is 0.0198. The molecule has 1 aromatic rings. The van der Waals surface area contributed by atoms with E-state index in [1.165, 1.54) is 5.56 Å². The number of piperidine rings is 1. The Morgan fingerprint density at radius 1 is 1.23 bits per heavy atom. The zero-order valence-electron chi connectivity index (χ0n) is 13.7. The Kier molecular flexibility index (Phi) is 7.17. The molecular weight excluding hydrogens is 300 g/mol. The van der Waals surface area contributed by atoms with E-state index in [1.807, 2.05) is 31.7 Å². The van der Waals surface area contributed by atoms with E-state index >= 15 is 0 Å². The minimum atomic E-state index is -0.417. The van der Waals surface area contributed by atoms with Gasteiger partial charge in [-0.1, -0.05) is 30.3 Å². The predicted molar refractivity (Wildman–Crippen MR) is 91.4 cm³/mol. The standard InChI is InChI=1S/C17H26N2O2.ClH/c1-17(2,3)21-16(20)19-11-9-15(10-12-19)18-13-14-7-5-4-6-8-14;/h4-8,15,18H,9-13H2,1-3H3;1H. The molecule has 0 aliphatic carbocycles. The van der Waals surface area contributed by atoms with Crippen LogP contribution < -0.4 is 5.32 Å². The van der Waals surface area contributed by atoms with E-state index in [0.29, 0.717) is 6.04 Å². The highest BCUT2D eigenvalue weighted by Gasteiger charge is 2.26. The molecule has 2 rings (SSSR count). The van der Waals surface area contributed by atoms with E-state index < -0.39 is 5.60 Å². The molecule has 0 radical (unpaired) electrons. The van der Waals surface area contributed by atoms with E-state index in [4.69, 9.17) is 4.74 Å². The first kappa shape index (κ1) is 18.8. The molecule has 1 heterocycles. The number of carbonyl (C=O) groups is 1. The van der Waals surface area contributed by atoms with Crippen LogP contribution in [0.25, 0.3) is 0 Å². The number of amides is 1. The molecule has 124 valence electrons. The van der Waals surface area contributed by atoms with Gasteiger partial charge in [-0.2, -0.15) is 0 Å². The third kappa shape index (κ3) is 6.24. The number of hydrogen-bond acceptors (Lipinski definition) is 3. The first-order chi connectivity index (χ1) is 9.94. The van der Waals surface area contributed by atoms with Crippen molar-refractivity contribution in [2.45, 2.75) is 51.8 Å². The fourth-order valence-corrected chi connectivity index (χ4v) is 2.45. The lowest BCUT2D eigenvalue weighted by Crippen LogP contribution is -2.46. The minimum absolute atomic E-state index is 0. The number of rotatable bonds is 3. The van der Waals surface area contributed by atoms with Crippen LogP contribution in [0.5, 0.6) is 0 Å². The van der Waals surface area contributed by atoms with Crippen molar-refractivity contribution in [1.82, 2.24) is 10.2 Å². The second-order valence-corrected chi connectivity index (χ2v) is 6.61. The van der Waals surface area contributed by atoms with Gasteiger partial charge in [-0.15, -0.1) is 12.4 Å². The third-order valence-corrected chi connectivity index (χ3v) is 3.58. The van der Waals surface area contributed by atoms with Crippen LogP contribution in [0.1, 0.15) is 39.2 Å². The van der Waals surface area contributed by atoms with Crippen LogP contribution in [0, 0.1) is 0 Å². The molecule has 0 unspecified atom stereocenters. The van der Waals surface area contributed by atoms with Gasteiger partial charge in [0.1, 0.15) is 5.60 Å². The van der Waals surface area contributed by atoms with Gasteiger partial charge >= 0.3 is 6.09 Å². The quantitative estimate of drug-likeness (QED) is 0.922. The highest BCUT2D eigenvalue weighted by atomic mass is 35.5. The maximum Gasteiger partial charge on any atom is 0.410 e. The van der Waals surface area contributed by atoms with Crippen LogP contribution in [0.15, 0.2) is 30.3 Å². The third-order valence-electron chi connectivity index (χ3n) is 3.58. The SMILES string of the molecule is CC(C)(C)OC(=O)N1CCC(NCc2ccccc2)CC1.Cl. The van der Waals surface area contributed by atoms with Gasteiger partial charge in [0.15, 0.2) is 0 Å². The largest absolute Gasteiger partial charge is 0.444 e. The molecule has 1 aliphatic heterocycles. The Labute approximate surface area is 139 Å². The van der Waals surface area contributed by atoms with Crippen molar-refractivity contribution in [3.8, 4) is 0 Å². The monoisotopic (exact) mass is 326 g/mol. The molecule has 4 nitrogen and oxygen atoms in total. The summed E-state index contributed by atoms with van der Waals surface area (Å²) in [6, 6.07) is 10.9. The molecule has 0 atom stereocenters. The van der Waals surface area contributed by atoms with E-state index in [2.05, 4.69) is 29.6 Å². The maximum absolute atomic E-state index is 12.0. The Hall–Kier alpha value is -1.26. The summed E-state index contributed by atoms with van der Waals surface area (Å²) in [7, 11) is 0. The lowest BCUT2D eigenvalue weighted by atomic mass is 10.0. The second-order valence-electron chi connectivity index (χ2n) is 6.61. The van der Waals surface area contributed by atoms with Crippen LogP contribution >= 0.6 is 12.4 Å². The summed E-state index contributed by atoms with van der Waals surface area (Å²) >= 11 is 0. The average molecular weight is 327 g/mol. The Balaban J connectivity index is 0.00000242. The van der Waals surface area contributed by atoms with Gasteiger partial charge < -0.3 is 15.0 Å². The van der Waals surface area contributed by atoms with Crippen molar-refractivity contribution in [2.75, 3.05) is 13.1 Å². The molecule has 1 fully saturated rings. The number of benzene rings is 1. The van der Waals surface area contributed by atoms with E-state index in [9.17, 15) is 4.79 Å². The summed E-state index contributed by atoms with van der Waals surface area (Å²) in [5.41, 5.74) is 0.881. The molecule has 5 heteroatoms. The van der Waals surface area contributed by atoms with Gasteiger partial charge in [0.05, 0.1) is 0 Å². The lowest BCUT2D eigenvalue weighted by Gasteiger charge is -2.33. The van der Waals surface area contributed by atoms with Gasteiger partial charge in [0.2, 0.25) is 0 Å². The smallest absolute Gasteiger partial charge is 0.410 e. The predicted octanol–water partition coefficient (Wildman–Crippen LogP) is 3.60. The second kappa shape index (κ2) is 8.39. The van der Waals surface area contributed by atoms with Gasteiger partial charge in [0.25, 0.3) is 0 Å². The Morgan fingerprint density at radius 3 is 2.36 bits per heavy atom. The van der Waals surface area contributed by atoms with Crippen molar-refractivity contribution >= 4 is 18.5 Å². The zero-order valence-corrected chi connectivity index (χ0v) is 14.5. The average Bonchev–Trinajstić information content (AvgIpc) is 2.45. The molecular formula is C17H27ClN2O2. The normalized spacial score (nSPS) is 16.0. The number of likely N-dealkylation sites (tertiary alicyclic amines) is 1. The highest BCUT2D eigenvalue weighted by Crippen LogP contribution is 2.15. The number of halogens is 1. The minimum Gasteiger partial charge on any atom is -0.444 e. The van der Waals surface area contributed by atoms with Crippen LogP contribution in [-0.2, 0) is 11.3 Å². The molecule has 1 aromatic carbocycles. The van der Waals surface area contributed by atoms with Crippen LogP contribution in [0.2, 0.25) is 0 Å². The van der Waals surface area contributed by atoms with Gasteiger partial charge in [-0.3, -0.25) is 0 Å². The van der Waals surface area contributed by atoms with Gasteiger partial charge in [-0.05, 0) is 39.2 Å². The van der Waals surface area contributed by atoms with Crippen molar-refractivity contribution in [2.24, 2.45) is 0 Å². The summed E-state index contributed by atoms with van der Waals surface area (Å²) in [4.78, 5) is 13.8. The Bertz CT molecular complexity index is 451. The molecule has 0 bridgehead atoms. The number of nitrogens with one attached hydrogen (secondary N) is 1. The molecule has 0 saturated carbocycles. The zero-order chi connectivity index (χ0) is 15.3. The first-order valence-corrected chi connectivity index (χ1v) is 7.69. The summed E-state index contributed by atoms with van der Waals surface area (Å²) in [5, 5.41) is 3.57. The molecule has 1 N–H and O–H groups in total. The van der Waals surface area contributed by atoms with Crippen LogP contribution in [0.4, 0.5) is 4.79 Å². The summed E-state index contributed by atoms with van der Waals surface area (Å²) in [6.45, 7) is 8.12. The van der Waals surface area contributed by atoms with E-state index in [0.717, 1.165) is 32.5 Å². The number of hydrogen-bond donors (Lipinski definition) is 1. The van der Waals surface area contributed by atoms with Crippen molar-refractivity contribution in [3.05, 3.63) is 35.9 Å².